The van der Waals surface area contributed by atoms with Crippen LogP contribution in [-0.4, -0.2) is 27.4 Å². The van der Waals surface area contributed by atoms with Gasteiger partial charge in [-0.25, -0.2) is 15.0 Å². The Morgan fingerprint density at radius 2 is 1.83 bits per heavy atom. The first kappa shape index (κ1) is 20.3. The Balaban J connectivity index is 1.56. The molecule has 8 heteroatoms. The molecule has 4 aromatic rings. The molecule has 0 atom stereocenters. The van der Waals surface area contributed by atoms with Crippen molar-refractivity contribution in [3.8, 4) is 0 Å². The van der Waals surface area contributed by atoms with Crippen LogP contribution in [0.4, 0.5) is 16.6 Å². The lowest BCUT2D eigenvalue weighted by Crippen LogP contribution is -2.27. The third-order valence-corrected chi connectivity index (χ3v) is 6.23. The third kappa shape index (κ3) is 4.60. The summed E-state index contributed by atoms with van der Waals surface area (Å²) < 4.78 is 0. The normalized spacial score (nSPS) is 10.9. The van der Waals surface area contributed by atoms with Crippen LogP contribution in [0.15, 0.2) is 65.1 Å². The summed E-state index contributed by atoms with van der Waals surface area (Å²) in [6.45, 7) is 4.11. The standard InChI is InChI=1S/C22H21N5OS2/c1-3-27(15(2)28)22-24-17(14-30-22)13-29-21-25-19-12-8-7-11-18(19)20(26-21)23-16-9-5-4-6-10-16/h4-12,14H,3,13H2,1-2H3,(H,23,25,26). The van der Waals surface area contributed by atoms with E-state index in [0.29, 0.717) is 17.5 Å². The SMILES string of the molecule is CCN(C(C)=O)c1nc(CSc2nc(Nc3ccccc3)c3ccccc3n2)cs1. The summed E-state index contributed by atoms with van der Waals surface area (Å²) in [7, 11) is 0. The Morgan fingerprint density at radius 3 is 2.60 bits per heavy atom. The summed E-state index contributed by atoms with van der Waals surface area (Å²) in [5.41, 5.74) is 2.78. The number of rotatable bonds is 7. The Morgan fingerprint density at radius 1 is 1.07 bits per heavy atom. The van der Waals surface area contributed by atoms with Crippen molar-refractivity contribution >= 4 is 56.5 Å². The maximum Gasteiger partial charge on any atom is 0.225 e. The van der Waals surface area contributed by atoms with Gasteiger partial charge >= 0.3 is 0 Å². The fourth-order valence-electron chi connectivity index (χ4n) is 2.99. The van der Waals surface area contributed by atoms with Crippen molar-refractivity contribution in [2.75, 3.05) is 16.8 Å². The van der Waals surface area contributed by atoms with Gasteiger partial charge in [0.05, 0.1) is 11.2 Å². The van der Waals surface area contributed by atoms with E-state index in [1.807, 2.05) is 66.9 Å². The number of thioether (sulfide) groups is 1. The number of anilines is 3. The van der Waals surface area contributed by atoms with Crippen LogP contribution in [0.25, 0.3) is 10.9 Å². The molecule has 0 unspecified atom stereocenters. The molecule has 0 fully saturated rings. The summed E-state index contributed by atoms with van der Waals surface area (Å²) in [4.78, 5) is 27.5. The molecule has 2 aromatic heterocycles. The van der Waals surface area contributed by atoms with Crippen LogP contribution in [0.1, 0.15) is 19.5 Å². The van der Waals surface area contributed by atoms with Crippen LogP contribution in [0.3, 0.4) is 0 Å². The first-order valence-electron chi connectivity index (χ1n) is 9.58. The van der Waals surface area contributed by atoms with Crippen molar-refractivity contribution in [2.45, 2.75) is 24.8 Å². The van der Waals surface area contributed by atoms with Crippen LogP contribution in [0, 0.1) is 0 Å². The Hall–Kier alpha value is -2.97. The minimum Gasteiger partial charge on any atom is -0.340 e. The Labute approximate surface area is 183 Å². The van der Waals surface area contributed by atoms with Crippen molar-refractivity contribution in [3.63, 3.8) is 0 Å². The van der Waals surface area contributed by atoms with Crippen LogP contribution in [-0.2, 0) is 10.5 Å². The van der Waals surface area contributed by atoms with Gasteiger partial charge in [0.25, 0.3) is 0 Å². The van der Waals surface area contributed by atoms with Crippen molar-refractivity contribution in [1.82, 2.24) is 15.0 Å². The summed E-state index contributed by atoms with van der Waals surface area (Å²) in [6, 6.07) is 17.9. The summed E-state index contributed by atoms with van der Waals surface area (Å²) in [6.07, 6.45) is 0. The van der Waals surface area contributed by atoms with Crippen molar-refractivity contribution in [1.29, 1.82) is 0 Å². The highest BCUT2D eigenvalue weighted by molar-refractivity contribution is 7.98. The number of amides is 1. The number of aromatic nitrogens is 3. The molecule has 1 amide bonds. The second kappa shape index (κ2) is 9.23. The molecule has 0 aliphatic carbocycles. The monoisotopic (exact) mass is 435 g/mol. The van der Waals surface area contributed by atoms with E-state index in [4.69, 9.17) is 9.97 Å². The molecule has 30 heavy (non-hydrogen) atoms. The molecule has 4 rings (SSSR count). The predicted molar refractivity (Wildman–Crippen MR) is 125 cm³/mol. The van der Waals surface area contributed by atoms with E-state index in [1.165, 1.54) is 23.1 Å². The number of hydrogen-bond acceptors (Lipinski definition) is 7. The maximum absolute atomic E-state index is 11.7. The number of carbonyl (C=O) groups is 1. The first-order chi connectivity index (χ1) is 14.6. The fourth-order valence-corrected chi connectivity index (χ4v) is 4.77. The van der Waals surface area contributed by atoms with Crippen LogP contribution in [0.5, 0.6) is 0 Å². The molecule has 0 saturated carbocycles. The average molecular weight is 436 g/mol. The molecule has 2 heterocycles. The number of thiazole rings is 1. The molecular formula is C22H21N5OS2. The van der Waals surface area contributed by atoms with Gasteiger partial charge in [-0.15, -0.1) is 11.3 Å². The number of carbonyl (C=O) groups excluding carboxylic acids is 1. The Kier molecular flexibility index (Phi) is 6.25. The van der Waals surface area contributed by atoms with Gasteiger partial charge in [0, 0.05) is 35.7 Å². The first-order valence-corrected chi connectivity index (χ1v) is 11.4. The van der Waals surface area contributed by atoms with Crippen molar-refractivity contribution in [2.24, 2.45) is 0 Å². The predicted octanol–water partition coefficient (Wildman–Crippen LogP) is 5.50. The number of fused-ring (bicyclic) bond motifs is 1. The number of hydrogen-bond donors (Lipinski definition) is 1. The second-order valence-corrected chi connectivity index (χ2v) is 8.32. The topological polar surface area (TPSA) is 71.0 Å². The summed E-state index contributed by atoms with van der Waals surface area (Å²) >= 11 is 3.01. The summed E-state index contributed by atoms with van der Waals surface area (Å²) in [5.74, 6) is 1.41. The quantitative estimate of drug-likeness (QED) is 0.305. The minimum atomic E-state index is 0.000503. The number of para-hydroxylation sites is 2. The molecule has 0 bridgehead atoms. The maximum atomic E-state index is 11.7. The molecule has 0 aliphatic rings. The largest absolute Gasteiger partial charge is 0.340 e. The zero-order valence-electron chi connectivity index (χ0n) is 16.7. The molecule has 6 nitrogen and oxygen atoms in total. The van der Waals surface area contributed by atoms with Crippen molar-refractivity contribution < 1.29 is 4.79 Å². The molecule has 1 N–H and O–H groups in total. The molecule has 2 aromatic carbocycles. The smallest absolute Gasteiger partial charge is 0.225 e. The second-order valence-electron chi connectivity index (χ2n) is 6.54. The number of benzene rings is 2. The van der Waals surface area contributed by atoms with Gasteiger partial charge in [-0.05, 0) is 31.2 Å². The Bertz CT molecular complexity index is 1160. The van der Waals surface area contributed by atoms with E-state index in [-0.39, 0.29) is 5.91 Å². The zero-order chi connectivity index (χ0) is 20.9. The van der Waals surface area contributed by atoms with Gasteiger partial charge in [0.1, 0.15) is 5.82 Å². The minimum absolute atomic E-state index is 0.000503. The van der Waals surface area contributed by atoms with Crippen molar-refractivity contribution in [3.05, 3.63) is 65.7 Å². The van der Waals surface area contributed by atoms with E-state index in [2.05, 4.69) is 10.3 Å². The third-order valence-electron chi connectivity index (χ3n) is 4.44. The van der Waals surface area contributed by atoms with E-state index >= 15 is 0 Å². The van der Waals surface area contributed by atoms with Crippen LogP contribution in [0.2, 0.25) is 0 Å². The lowest BCUT2D eigenvalue weighted by atomic mass is 10.2. The van der Waals surface area contributed by atoms with E-state index in [0.717, 1.165) is 33.2 Å². The van der Waals surface area contributed by atoms with Crippen LogP contribution >= 0.6 is 23.1 Å². The van der Waals surface area contributed by atoms with Gasteiger partial charge in [0.2, 0.25) is 5.91 Å². The number of nitrogens with zero attached hydrogens (tertiary/aromatic N) is 4. The average Bonchev–Trinajstić information content (AvgIpc) is 3.22. The van der Waals surface area contributed by atoms with Gasteiger partial charge < -0.3 is 5.32 Å². The number of nitrogens with one attached hydrogen (secondary N) is 1. The van der Waals surface area contributed by atoms with Gasteiger partial charge in [-0.2, -0.15) is 0 Å². The molecular weight excluding hydrogens is 414 g/mol. The lowest BCUT2D eigenvalue weighted by molar-refractivity contribution is -0.116. The van der Waals surface area contributed by atoms with Gasteiger partial charge in [-0.1, -0.05) is 42.1 Å². The highest BCUT2D eigenvalue weighted by Crippen LogP contribution is 2.29. The zero-order valence-corrected chi connectivity index (χ0v) is 18.3. The van der Waals surface area contributed by atoms with Gasteiger partial charge in [-0.3, -0.25) is 9.69 Å². The van der Waals surface area contributed by atoms with Gasteiger partial charge in [0.15, 0.2) is 10.3 Å². The highest BCUT2D eigenvalue weighted by atomic mass is 32.2. The van der Waals surface area contributed by atoms with E-state index in [9.17, 15) is 4.79 Å². The highest BCUT2D eigenvalue weighted by Gasteiger charge is 2.14. The fraction of sp³-hybridized carbons (Fsp3) is 0.182. The molecule has 0 radical (unpaired) electrons. The molecule has 0 saturated heterocycles. The molecule has 152 valence electrons. The van der Waals surface area contributed by atoms with E-state index < -0.39 is 0 Å². The van der Waals surface area contributed by atoms with Crippen LogP contribution < -0.4 is 10.2 Å². The van der Waals surface area contributed by atoms with E-state index in [1.54, 1.807) is 11.8 Å². The molecule has 0 spiro atoms. The summed E-state index contributed by atoms with van der Waals surface area (Å²) in [5, 5.41) is 7.77. The lowest BCUT2D eigenvalue weighted by Gasteiger charge is -2.14. The molecule has 0 aliphatic heterocycles.